The zero-order valence-corrected chi connectivity index (χ0v) is 18.4. The number of nitrogens with zero attached hydrogens (tertiary/aromatic N) is 2. The Bertz CT molecular complexity index is 1070. The molecule has 0 atom stereocenters. The van der Waals surface area contributed by atoms with Crippen LogP contribution in [-0.4, -0.2) is 40.8 Å². The second kappa shape index (κ2) is 9.39. The summed E-state index contributed by atoms with van der Waals surface area (Å²) in [5, 5.41) is 3.82. The summed E-state index contributed by atoms with van der Waals surface area (Å²) in [5.41, 5.74) is 3.50. The molecule has 0 aliphatic carbocycles. The second-order valence-corrected chi connectivity index (χ2v) is 8.81. The normalized spacial score (nSPS) is 14.5. The van der Waals surface area contributed by atoms with Gasteiger partial charge in [-0.3, -0.25) is 9.59 Å². The van der Waals surface area contributed by atoms with E-state index in [-0.39, 0.29) is 17.9 Å². The lowest BCUT2D eigenvalue weighted by Crippen LogP contribution is -2.46. The van der Waals surface area contributed by atoms with Gasteiger partial charge in [-0.05, 0) is 56.5 Å². The molecule has 2 amide bonds. The SMILES string of the molecule is Cc1ccc(Sc2ncccc2C(=O)NC2CCN(C(=O)c3ccoc3)CC2)c(C)c1. The maximum atomic E-state index is 13.0. The Hall–Kier alpha value is -3.06. The summed E-state index contributed by atoms with van der Waals surface area (Å²) in [6, 6.07) is 11.6. The summed E-state index contributed by atoms with van der Waals surface area (Å²) in [6.07, 6.45) is 6.11. The van der Waals surface area contributed by atoms with E-state index in [1.807, 2.05) is 6.07 Å². The Morgan fingerprint density at radius 2 is 1.97 bits per heavy atom. The molecule has 0 saturated carbocycles. The van der Waals surface area contributed by atoms with Gasteiger partial charge in [-0.2, -0.15) is 0 Å². The lowest BCUT2D eigenvalue weighted by atomic mass is 10.0. The molecule has 1 aromatic carbocycles. The number of nitrogens with one attached hydrogen (secondary N) is 1. The zero-order valence-electron chi connectivity index (χ0n) is 17.6. The van der Waals surface area contributed by atoms with E-state index in [0.29, 0.717) is 29.2 Å². The maximum absolute atomic E-state index is 13.0. The number of rotatable bonds is 5. The van der Waals surface area contributed by atoms with E-state index in [1.165, 1.54) is 29.9 Å². The fourth-order valence-electron chi connectivity index (χ4n) is 3.72. The molecule has 0 bridgehead atoms. The van der Waals surface area contributed by atoms with Crippen LogP contribution in [0.4, 0.5) is 0 Å². The fraction of sp³-hybridized carbons (Fsp3) is 0.292. The number of amides is 2. The van der Waals surface area contributed by atoms with Gasteiger partial charge in [0.05, 0.1) is 17.4 Å². The molecule has 0 radical (unpaired) electrons. The number of hydrogen-bond donors (Lipinski definition) is 1. The topological polar surface area (TPSA) is 75.4 Å². The van der Waals surface area contributed by atoms with E-state index < -0.39 is 0 Å². The highest BCUT2D eigenvalue weighted by Crippen LogP contribution is 2.31. The molecule has 0 spiro atoms. The van der Waals surface area contributed by atoms with Crippen molar-refractivity contribution >= 4 is 23.6 Å². The highest BCUT2D eigenvalue weighted by molar-refractivity contribution is 7.99. The number of carbonyl (C=O) groups is 2. The third kappa shape index (κ3) is 4.99. The fourth-order valence-corrected chi connectivity index (χ4v) is 4.67. The molecule has 4 rings (SSSR count). The summed E-state index contributed by atoms with van der Waals surface area (Å²) in [4.78, 5) is 32.8. The monoisotopic (exact) mass is 435 g/mol. The lowest BCUT2D eigenvalue weighted by Gasteiger charge is -2.32. The highest BCUT2D eigenvalue weighted by atomic mass is 32.2. The highest BCUT2D eigenvalue weighted by Gasteiger charge is 2.26. The number of furan rings is 1. The Morgan fingerprint density at radius 3 is 2.68 bits per heavy atom. The number of carbonyl (C=O) groups excluding carboxylic acids is 2. The minimum atomic E-state index is -0.125. The summed E-state index contributed by atoms with van der Waals surface area (Å²) < 4.78 is 5.00. The molecule has 6 nitrogen and oxygen atoms in total. The largest absolute Gasteiger partial charge is 0.472 e. The van der Waals surface area contributed by atoms with Crippen molar-refractivity contribution in [3.8, 4) is 0 Å². The van der Waals surface area contributed by atoms with Crippen LogP contribution in [0.5, 0.6) is 0 Å². The third-order valence-electron chi connectivity index (χ3n) is 5.44. The van der Waals surface area contributed by atoms with Crippen LogP contribution in [0.15, 0.2) is 69.5 Å². The standard InChI is InChI=1S/C24H25N3O3S/c1-16-5-6-21(17(2)14-16)31-23-20(4-3-10-25-23)22(28)26-19-7-11-27(12-8-19)24(29)18-9-13-30-15-18/h3-6,9-10,13-15,19H,7-8,11-12H2,1-2H3,(H,26,28). The van der Waals surface area contributed by atoms with E-state index in [0.717, 1.165) is 23.3 Å². The number of benzene rings is 1. The number of piperidine rings is 1. The number of likely N-dealkylation sites (tertiary alicyclic amines) is 1. The van der Waals surface area contributed by atoms with Gasteiger partial charge in [0.15, 0.2) is 0 Å². The van der Waals surface area contributed by atoms with Gasteiger partial charge >= 0.3 is 0 Å². The molecule has 1 N–H and O–H groups in total. The first-order valence-corrected chi connectivity index (χ1v) is 11.2. The van der Waals surface area contributed by atoms with Gasteiger partial charge < -0.3 is 14.6 Å². The maximum Gasteiger partial charge on any atom is 0.257 e. The predicted octanol–water partition coefficient (Wildman–Crippen LogP) is 4.48. The summed E-state index contributed by atoms with van der Waals surface area (Å²) in [6.45, 7) is 5.34. The molecule has 0 unspecified atom stereocenters. The van der Waals surface area contributed by atoms with Crippen LogP contribution >= 0.6 is 11.8 Å². The van der Waals surface area contributed by atoms with Gasteiger partial charge in [-0.25, -0.2) is 4.98 Å². The first-order valence-electron chi connectivity index (χ1n) is 10.3. The van der Waals surface area contributed by atoms with Gasteiger partial charge in [-0.15, -0.1) is 0 Å². The first-order chi connectivity index (χ1) is 15.0. The van der Waals surface area contributed by atoms with Crippen molar-refractivity contribution in [2.75, 3.05) is 13.1 Å². The van der Waals surface area contributed by atoms with Crippen LogP contribution in [0.2, 0.25) is 0 Å². The number of hydrogen-bond acceptors (Lipinski definition) is 5. The molecule has 3 aromatic rings. The molecule has 1 fully saturated rings. The van der Waals surface area contributed by atoms with Gasteiger partial charge in [0, 0.05) is 30.2 Å². The van der Waals surface area contributed by atoms with E-state index in [4.69, 9.17) is 4.42 Å². The van der Waals surface area contributed by atoms with Gasteiger partial charge in [0.1, 0.15) is 11.3 Å². The molecule has 2 aromatic heterocycles. The van der Waals surface area contributed by atoms with Gasteiger partial charge in [-0.1, -0.05) is 29.5 Å². The van der Waals surface area contributed by atoms with Crippen LogP contribution in [0.25, 0.3) is 0 Å². The van der Waals surface area contributed by atoms with Crippen molar-refractivity contribution < 1.29 is 14.0 Å². The molecule has 31 heavy (non-hydrogen) atoms. The molecule has 1 aliphatic rings. The van der Waals surface area contributed by atoms with Crippen molar-refractivity contribution in [2.45, 2.75) is 42.7 Å². The zero-order chi connectivity index (χ0) is 21.8. The molecule has 3 heterocycles. The van der Waals surface area contributed by atoms with Crippen molar-refractivity contribution in [2.24, 2.45) is 0 Å². The van der Waals surface area contributed by atoms with Gasteiger partial charge in [0.25, 0.3) is 11.8 Å². The van der Waals surface area contributed by atoms with Crippen LogP contribution in [0.1, 0.15) is 44.7 Å². The second-order valence-electron chi connectivity index (χ2n) is 7.78. The Labute approximate surface area is 186 Å². The third-order valence-corrected chi connectivity index (χ3v) is 6.64. The lowest BCUT2D eigenvalue weighted by molar-refractivity contribution is 0.0697. The smallest absolute Gasteiger partial charge is 0.257 e. The van der Waals surface area contributed by atoms with E-state index >= 15 is 0 Å². The first kappa shape index (κ1) is 21.2. The van der Waals surface area contributed by atoms with E-state index in [2.05, 4.69) is 42.3 Å². The minimum Gasteiger partial charge on any atom is -0.472 e. The van der Waals surface area contributed by atoms with E-state index in [9.17, 15) is 9.59 Å². The van der Waals surface area contributed by atoms with Crippen molar-refractivity contribution in [3.63, 3.8) is 0 Å². The minimum absolute atomic E-state index is 0.0278. The van der Waals surface area contributed by atoms with Crippen LogP contribution < -0.4 is 5.32 Å². The number of aryl methyl sites for hydroxylation is 2. The van der Waals surface area contributed by atoms with Crippen molar-refractivity contribution in [3.05, 3.63) is 77.4 Å². The number of aromatic nitrogens is 1. The average molecular weight is 436 g/mol. The molecular formula is C24H25N3O3S. The Kier molecular flexibility index (Phi) is 6.42. The van der Waals surface area contributed by atoms with Crippen LogP contribution in [0.3, 0.4) is 0 Å². The van der Waals surface area contributed by atoms with Crippen molar-refractivity contribution in [1.82, 2.24) is 15.2 Å². The predicted molar refractivity (Wildman–Crippen MR) is 119 cm³/mol. The summed E-state index contributed by atoms with van der Waals surface area (Å²) in [7, 11) is 0. The van der Waals surface area contributed by atoms with Crippen LogP contribution in [-0.2, 0) is 0 Å². The quantitative estimate of drug-likeness (QED) is 0.640. The van der Waals surface area contributed by atoms with E-state index in [1.54, 1.807) is 23.2 Å². The number of pyridine rings is 1. The van der Waals surface area contributed by atoms with Gasteiger partial charge in [0.2, 0.25) is 0 Å². The molecule has 1 aliphatic heterocycles. The van der Waals surface area contributed by atoms with Crippen LogP contribution in [0, 0.1) is 13.8 Å². The summed E-state index contributed by atoms with van der Waals surface area (Å²) in [5.74, 6) is -0.155. The molecule has 1 saturated heterocycles. The molecule has 7 heteroatoms. The average Bonchev–Trinajstić information content (AvgIpc) is 3.31. The molecular weight excluding hydrogens is 410 g/mol. The Balaban J connectivity index is 1.39. The van der Waals surface area contributed by atoms with Crippen molar-refractivity contribution in [1.29, 1.82) is 0 Å². The summed E-state index contributed by atoms with van der Waals surface area (Å²) >= 11 is 1.51. The molecule has 160 valence electrons. The Morgan fingerprint density at radius 1 is 1.16 bits per heavy atom.